The number of fused-ring (bicyclic) bond motifs is 1. The van der Waals surface area contributed by atoms with Gasteiger partial charge in [0.2, 0.25) is 0 Å². The lowest BCUT2D eigenvalue weighted by Crippen LogP contribution is -2.37. The Balaban J connectivity index is 1.18. The molecule has 0 radical (unpaired) electrons. The molecular weight excluding hydrogens is 386 g/mol. The fourth-order valence-electron chi connectivity index (χ4n) is 3.98. The number of ketones is 1. The average Bonchev–Trinajstić information content (AvgIpc) is 3.45. The number of nitrogens with zero attached hydrogens (tertiary/aromatic N) is 3. The number of piperidine rings is 1. The first-order valence-corrected chi connectivity index (χ1v) is 10.9. The zero-order valence-electron chi connectivity index (χ0n) is 16.1. The van der Waals surface area contributed by atoms with Crippen molar-refractivity contribution in [3.05, 3.63) is 52.9 Å². The molecule has 2 aliphatic rings. The molecule has 0 spiro atoms. The van der Waals surface area contributed by atoms with Crippen molar-refractivity contribution in [1.29, 1.82) is 0 Å². The van der Waals surface area contributed by atoms with Crippen LogP contribution < -0.4 is 9.47 Å². The Bertz CT molecular complexity index is 991. The molecule has 4 heterocycles. The summed E-state index contributed by atoms with van der Waals surface area (Å²) >= 11 is 1.68. The third-order valence-corrected chi connectivity index (χ3v) is 6.27. The summed E-state index contributed by atoms with van der Waals surface area (Å²) in [6.45, 7) is 3.65. The third kappa shape index (κ3) is 3.93. The van der Waals surface area contributed by atoms with Gasteiger partial charge < -0.3 is 9.47 Å². The number of hydrogen-bond donors (Lipinski definition) is 0. The lowest BCUT2D eigenvalue weighted by molar-refractivity contribution is 0.0804. The first-order valence-electron chi connectivity index (χ1n) is 9.98. The Morgan fingerprint density at radius 1 is 1.10 bits per heavy atom. The molecule has 0 atom stereocenters. The number of rotatable bonds is 5. The van der Waals surface area contributed by atoms with Gasteiger partial charge in [0.25, 0.3) is 0 Å². The summed E-state index contributed by atoms with van der Waals surface area (Å²) in [5, 5.41) is 8.86. The number of carbonyl (C=O) groups is 1. The Morgan fingerprint density at radius 2 is 1.93 bits per heavy atom. The van der Waals surface area contributed by atoms with E-state index in [1.54, 1.807) is 11.3 Å². The molecular formula is C22H23N3O3S. The molecule has 2 aliphatic heterocycles. The molecule has 150 valence electrons. The smallest absolute Gasteiger partial charge is 0.166 e. The van der Waals surface area contributed by atoms with E-state index in [1.807, 2.05) is 29.1 Å². The maximum Gasteiger partial charge on any atom is 0.166 e. The van der Waals surface area contributed by atoms with Gasteiger partial charge in [-0.25, -0.2) is 0 Å². The van der Waals surface area contributed by atoms with Gasteiger partial charge in [0.1, 0.15) is 13.2 Å². The van der Waals surface area contributed by atoms with E-state index in [9.17, 15) is 4.79 Å². The molecule has 7 heteroatoms. The lowest BCUT2D eigenvalue weighted by Gasteiger charge is -2.31. The fraction of sp³-hybridized carbons (Fsp3) is 0.364. The van der Waals surface area contributed by atoms with Crippen molar-refractivity contribution >= 4 is 17.1 Å². The predicted molar refractivity (Wildman–Crippen MR) is 112 cm³/mol. The van der Waals surface area contributed by atoms with E-state index in [2.05, 4.69) is 32.9 Å². The maximum absolute atomic E-state index is 13.0. The van der Waals surface area contributed by atoms with E-state index < -0.39 is 0 Å². The summed E-state index contributed by atoms with van der Waals surface area (Å²) in [4.78, 5) is 15.3. The summed E-state index contributed by atoms with van der Waals surface area (Å²) < 4.78 is 13.2. The van der Waals surface area contributed by atoms with Crippen LogP contribution >= 0.6 is 11.3 Å². The van der Waals surface area contributed by atoms with Crippen LogP contribution in [-0.4, -0.2) is 46.8 Å². The second kappa shape index (κ2) is 8.00. The number of thiophene rings is 1. The van der Waals surface area contributed by atoms with Gasteiger partial charge in [0.15, 0.2) is 17.3 Å². The summed E-state index contributed by atoms with van der Waals surface area (Å²) in [6.07, 6.45) is 3.76. The van der Waals surface area contributed by atoms with Crippen LogP contribution in [0.25, 0.3) is 11.3 Å². The minimum absolute atomic E-state index is 0.0628. The number of benzene rings is 1. The van der Waals surface area contributed by atoms with E-state index in [1.165, 1.54) is 0 Å². The number of likely N-dealkylation sites (tertiary alicyclic amines) is 1. The monoisotopic (exact) mass is 409 g/mol. The van der Waals surface area contributed by atoms with Crippen LogP contribution in [0.2, 0.25) is 0 Å². The Labute approximate surface area is 173 Å². The molecule has 0 N–H and O–H groups in total. The van der Waals surface area contributed by atoms with Crippen LogP contribution in [0, 0.1) is 5.92 Å². The van der Waals surface area contributed by atoms with Crippen molar-refractivity contribution < 1.29 is 14.3 Å². The van der Waals surface area contributed by atoms with Crippen LogP contribution in [0.5, 0.6) is 11.5 Å². The van der Waals surface area contributed by atoms with Gasteiger partial charge in [0.05, 0.1) is 12.4 Å². The first-order chi connectivity index (χ1) is 14.3. The summed E-state index contributed by atoms with van der Waals surface area (Å²) in [6, 6.07) is 9.68. The number of carbonyl (C=O) groups excluding carboxylic acids is 1. The van der Waals surface area contributed by atoms with Crippen molar-refractivity contribution in [1.82, 2.24) is 14.7 Å². The molecule has 0 saturated carbocycles. The SMILES string of the molecule is O=C(c1ccc2c(c1)OCCO2)C1CCN(Cn2ccc(-c3ccsc3)n2)CC1. The van der Waals surface area contributed by atoms with Gasteiger partial charge in [0, 0.05) is 41.7 Å². The van der Waals surface area contributed by atoms with Crippen LogP contribution in [0.4, 0.5) is 0 Å². The number of aromatic nitrogens is 2. The Kier molecular flexibility index (Phi) is 5.08. The molecule has 6 nitrogen and oxygen atoms in total. The Hall–Kier alpha value is -2.64. The van der Waals surface area contributed by atoms with Crippen LogP contribution in [-0.2, 0) is 6.67 Å². The van der Waals surface area contributed by atoms with E-state index in [4.69, 9.17) is 9.47 Å². The molecule has 1 fully saturated rings. The Morgan fingerprint density at radius 3 is 2.72 bits per heavy atom. The predicted octanol–water partition coefficient (Wildman–Crippen LogP) is 3.94. The molecule has 0 bridgehead atoms. The summed E-state index contributed by atoms with van der Waals surface area (Å²) in [7, 11) is 0. The van der Waals surface area contributed by atoms with Crippen molar-refractivity contribution in [3.63, 3.8) is 0 Å². The molecule has 0 unspecified atom stereocenters. The molecule has 0 aliphatic carbocycles. The molecule has 0 amide bonds. The van der Waals surface area contributed by atoms with Gasteiger partial charge in [-0.15, -0.1) is 0 Å². The van der Waals surface area contributed by atoms with Crippen molar-refractivity contribution in [2.45, 2.75) is 19.5 Å². The van der Waals surface area contributed by atoms with Crippen molar-refractivity contribution in [2.75, 3.05) is 26.3 Å². The quantitative estimate of drug-likeness (QED) is 0.598. The molecule has 1 aromatic carbocycles. The molecule has 3 aromatic rings. The normalized spacial score (nSPS) is 17.4. The van der Waals surface area contributed by atoms with Gasteiger partial charge in [-0.3, -0.25) is 14.4 Å². The third-order valence-electron chi connectivity index (χ3n) is 5.59. The van der Waals surface area contributed by atoms with Crippen LogP contribution in [0.1, 0.15) is 23.2 Å². The zero-order valence-corrected chi connectivity index (χ0v) is 16.9. The average molecular weight is 410 g/mol. The number of ether oxygens (including phenoxy) is 2. The second-order valence-corrected chi connectivity index (χ2v) is 8.29. The van der Waals surface area contributed by atoms with E-state index in [-0.39, 0.29) is 11.7 Å². The minimum Gasteiger partial charge on any atom is -0.486 e. The van der Waals surface area contributed by atoms with Crippen molar-refractivity contribution in [2.24, 2.45) is 5.92 Å². The number of hydrogen-bond acceptors (Lipinski definition) is 6. The largest absolute Gasteiger partial charge is 0.486 e. The highest BCUT2D eigenvalue weighted by Gasteiger charge is 2.27. The molecule has 2 aromatic heterocycles. The maximum atomic E-state index is 13.0. The van der Waals surface area contributed by atoms with E-state index in [0.717, 1.165) is 55.2 Å². The highest BCUT2D eigenvalue weighted by atomic mass is 32.1. The molecule has 1 saturated heterocycles. The van der Waals surface area contributed by atoms with Crippen molar-refractivity contribution in [3.8, 4) is 22.8 Å². The zero-order chi connectivity index (χ0) is 19.6. The van der Waals surface area contributed by atoms with Gasteiger partial charge in [-0.1, -0.05) is 0 Å². The summed E-state index contributed by atoms with van der Waals surface area (Å²) in [5.41, 5.74) is 2.90. The van der Waals surface area contributed by atoms with E-state index >= 15 is 0 Å². The first kappa shape index (κ1) is 18.4. The molecule has 29 heavy (non-hydrogen) atoms. The standard InChI is InChI=1S/C22H23N3O3S/c26-22(17-1-2-20-21(13-17)28-11-10-27-20)16-3-7-24(8-4-16)15-25-9-5-19(23-25)18-6-12-29-14-18/h1-2,5-6,9,12-14,16H,3-4,7-8,10-11,15H2. The van der Waals surface area contributed by atoms with Gasteiger partial charge >= 0.3 is 0 Å². The summed E-state index contributed by atoms with van der Waals surface area (Å²) in [5.74, 6) is 1.68. The van der Waals surface area contributed by atoms with Crippen LogP contribution in [0.15, 0.2) is 47.3 Å². The molecule has 5 rings (SSSR count). The highest BCUT2D eigenvalue weighted by molar-refractivity contribution is 7.08. The number of Topliss-reactive ketones (excluding diaryl/α,β-unsaturated/α-hetero) is 1. The van der Waals surface area contributed by atoms with Gasteiger partial charge in [-0.2, -0.15) is 16.4 Å². The van der Waals surface area contributed by atoms with Crippen LogP contribution in [0.3, 0.4) is 0 Å². The fourth-order valence-corrected chi connectivity index (χ4v) is 4.63. The highest BCUT2D eigenvalue weighted by Crippen LogP contribution is 2.32. The lowest BCUT2D eigenvalue weighted by atomic mass is 9.89. The topological polar surface area (TPSA) is 56.6 Å². The van der Waals surface area contributed by atoms with E-state index in [0.29, 0.717) is 19.0 Å². The second-order valence-electron chi connectivity index (χ2n) is 7.51. The van der Waals surface area contributed by atoms with Gasteiger partial charge in [-0.05, 0) is 48.6 Å². The minimum atomic E-state index is 0.0628.